The van der Waals surface area contributed by atoms with Gasteiger partial charge < -0.3 is 10.6 Å². The van der Waals surface area contributed by atoms with Crippen LogP contribution in [0.15, 0.2) is 16.6 Å². The van der Waals surface area contributed by atoms with Crippen LogP contribution < -0.4 is 10.6 Å². The number of anilines is 1. The third-order valence-corrected chi connectivity index (χ3v) is 3.39. The van der Waals surface area contributed by atoms with E-state index >= 15 is 0 Å². The molecule has 0 aliphatic rings. The van der Waals surface area contributed by atoms with Gasteiger partial charge >= 0.3 is 0 Å². The summed E-state index contributed by atoms with van der Waals surface area (Å²) in [5.74, 6) is -1.65. The maximum absolute atomic E-state index is 13.6. The number of amides is 1. The van der Waals surface area contributed by atoms with Gasteiger partial charge in [0.25, 0.3) is 0 Å². The molecule has 0 spiro atoms. The van der Waals surface area contributed by atoms with E-state index in [2.05, 4.69) is 26.6 Å². The molecule has 6 heteroatoms. The van der Waals surface area contributed by atoms with Crippen LogP contribution in [0, 0.1) is 11.6 Å². The fraction of sp³-hybridized carbons (Fsp3) is 0.462. The van der Waals surface area contributed by atoms with Crippen molar-refractivity contribution >= 4 is 27.5 Å². The zero-order valence-electron chi connectivity index (χ0n) is 11.1. The van der Waals surface area contributed by atoms with Gasteiger partial charge in [0.05, 0.1) is 5.69 Å². The molecule has 1 amide bonds. The highest BCUT2D eigenvalue weighted by Gasteiger charge is 2.18. The van der Waals surface area contributed by atoms with Gasteiger partial charge in [-0.05, 0) is 42.3 Å². The molecular weight excluding hydrogens is 318 g/mol. The Morgan fingerprint density at radius 2 is 2.00 bits per heavy atom. The minimum absolute atomic E-state index is 0.0539. The highest BCUT2D eigenvalue weighted by molar-refractivity contribution is 9.10. The fourth-order valence-electron chi connectivity index (χ4n) is 1.43. The van der Waals surface area contributed by atoms with Crippen LogP contribution in [0.4, 0.5) is 14.5 Å². The molecule has 0 aliphatic heterocycles. The van der Waals surface area contributed by atoms with E-state index in [4.69, 9.17) is 0 Å². The first-order valence-electron chi connectivity index (χ1n) is 6.06. The van der Waals surface area contributed by atoms with Crippen molar-refractivity contribution in [1.29, 1.82) is 0 Å². The highest BCUT2D eigenvalue weighted by atomic mass is 79.9. The Morgan fingerprint density at radius 1 is 1.37 bits per heavy atom. The number of hydrogen-bond acceptors (Lipinski definition) is 2. The summed E-state index contributed by atoms with van der Waals surface area (Å²) >= 11 is 3.07. The molecule has 0 saturated heterocycles. The monoisotopic (exact) mass is 334 g/mol. The number of benzene rings is 1. The molecule has 1 aromatic carbocycles. The lowest BCUT2D eigenvalue weighted by atomic mass is 10.2. The van der Waals surface area contributed by atoms with Crippen LogP contribution in [-0.2, 0) is 4.79 Å². The van der Waals surface area contributed by atoms with Crippen molar-refractivity contribution in [2.75, 3.05) is 5.32 Å². The summed E-state index contributed by atoms with van der Waals surface area (Å²) in [6, 6.07) is 1.35. The van der Waals surface area contributed by atoms with E-state index < -0.39 is 17.7 Å². The molecule has 0 saturated carbocycles. The van der Waals surface area contributed by atoms with E-state index in [1.807, 2.05) is 13.8 Å². The normalized spacial score (nSPS) is 13.8. The third kappa shape index (κ3) is 4.45. The summed E-state index contributed by atoms with van der Waals surface area (Å²) in [4.78, 5) is 11.8. The van der Waals surface area contributed by atoms with E-state index in [0.29, 0.717) is 0 Å². The lowest BCUT2D eigenvalue weighted by Gasteiger charge is -2.19. The summed E-state index contributed by atoms with van der Waals surface area (Å²) < 4.78 is 26.8. The number of nitrogens with one attached hydrogen (secondary N) is 2. The summed E-state index contributed by atoms with van der Waals surface area (Å²) in [5, 5.41) is 5.52. The van der Waals surface area contributed by atoms with Crippen molar-refractivity contribution in [3.05, 3.63) is 28.2 Å². The highest BCUT2D eigenvalue weighted by Crippen LogP contribution is 2.27. The number of carbonyl (C=O) groups excluding carboxylic acids is 1. The van der Waals surface area contributed by atoms with Crippen molar-refractivity contribution < 1.29 is 13.6 Å². The molecule has 2 atom stereocenters. The second-order valence-electron chi connectivity index (χ2n) is 4.43. The average Bonchev–Trinajstić information content (AvgIpc) is 2.32. The molecule has 2 N–H and O–H groups in total. The minimum atomic E-state index is -0.741. The first-order chi connectivity index (χ1) is 8.85. The molecule has 1 aromatic rings. The Kier molecular flexibility index (Phi) is 5.72. The Labute approximate surface area is 119 Å². The van der Waals surface area contributed by atoms with Crippen molar-refractivity contribution in [3.63, 3.8) is 0 Å². The first kappa shape index (κ1) is 15.9. The molecule has 106 valence electrons. The summed E-state index contributed by atoms with van der Waals surface area (Å²) in [6.45, 7) is 5.46. The van der Waals surface area contributed by atoms with Crippen LogP contribution in [0.25, 0.3) is 0 Å². The summed E-state index contributed by atoms with van der Waals surface area (Å²) in [5.41, 5.74) is 0.0770. The van der Waals surface area contributed by atoms with Crippen LogP contribution >= 0.6 is 15.9 Å². The maximum Gasteiger partial charge on any atom is 0.242 e. The van der Waals surface area contributed by atoms with Crippen molar-refractivity contribution in [1.82, 2.24) is 5.32 Å². The molecule has 1 rings (SSSR count). The Hall–Kier alpha value is -1.17. The van der Waals surface area contributed by atoms with Crippen LogP contribution in [-0.4, -0.2) is 18.0 Å². The number of halogens is 3. The molecule has 0 fully saturated rings. The zero-order chi connectivity index (χ0) is 14.6. The van der Waals surface area contributed by atoms with E-state index in [-0.39, 0.29) is 22.1 Å². The largest absolute Gasteiger partial charge is 0.371 e. The van der Waals surface area contributed by atoms with Crippen LogP contribution in [0.5, 0.6) is 0 Å². The zero-order valence-corrected chi connectivity index (χ0v) is 12.6. The lowest BCUT2D eigenvalue weighted by molar-refractivity contribution is -0.122. The van der Waals surface area contributed by atoms with Gasteiger partial charge in [-0.15, -0.1) is 0 Å². The van der Waals surface area contributed by atoms with Gasteiger partial charge in [-0.1, -0.05) is 6.92 Å². The maximum atomic E-state index is 13.6. The van der Waals surface area contributed by atoms with Crippen LogP contribution in [0.1, 0.15) is 27.2 Å². The van der Waals surface area contributed by atoms with E-state index in [1.54, 1.807) is 6.92 Å². The van der Waals surface area contributed by atoms with Crippen LogP contribution in [0.2, 0.25) is 0 Å². The Balaban J connectivity index is 2.77. The molecule has 3 nitrogen and oxygen atoms in total. The van der Waals surface area contributed by atoms with Crippen molar-refractivity contribution in [3.8, 4) is 0 Å². The second-order valence-corrected chi connectivity index (χ2v) is 5.28. The quantitative estimate of drug-likeness (QED) is 0.865. The topological polar surface area (TPSA) is 41.1 Å². The van der Waals surface area contributed by atoms with E-state index in [1.165, 1.54) is 0 Å². The molecule has 0 aliphatic carbocycles. The number of carbonyl (C=O) groups is 1. The number of rotatable bonds is 5. The SMILES string of the molecule is CCC(C)NC(=O)C(C)Nc1c(F)cc(F)cc1Br. The predicted molar refractivity (Wildman–Crippen MR) is 75.0 cm³/mol. The van der Waals surface area contributed by atoms with E-state index in [9.17, 15) is 13.6 Å². The standard InChI is InChI=1S/C13H17BrF2N2O/c1-4-7(2)17-13(19)8(3)18-12-10(14)5-9(15)6-11(12)16/h5-8,18H,4H2,1-3H3,(H,17,19). The van der Waals surface area contributed by atoms with Crippen LogP contribution in [0.3, 0.4) is 0 Å². The molecule has 0 heterocycles. The van der Waals surface area contributed by atoms with Gasteiger partial charge in [0.15, 0.2) is 0 Å². The lowest BCUT2D eigenvalue weighted by Crippen LogP contribution is -2.42. The molecule has 0 radical (unpaired) electrons. The molecule has 2 unspecified atom stereocenters. The first-order valence-corrected chi connectivity index (χ1v) is 6.85. The summed E-state index contributed by atoms with van der Waals surface area (Å²) in [6.07, 6.45) is 0.813. The van der Waals surface area contributed by atoms with Gasteiger partial charge in [-0.2, -0.15) is 0 Å². The molecule has 19 heavy (non-hydrogen) atoms. The van der Waals surface area contributed by atoms with Gasteiger partial charge in [-0.3, -0.25) is 4.79 Å². The van der Waals surface area contributed by atoms with Gasteiger partial charge in [0, 0.05) is 16.6 Å². The minimum Gasteiger partial charge on any atom is -0.371 e. The Morgan fingerprint density at radius 3 is 2.53 bits per heavy atom. The van der Waals surface area contributed by atoms with Gasteiger partial charge in [0.1, 0.15) is 17.7 Å². The third-order valence-electron chi connectivity index (χ3n) is 2.76. The molecule has 0 aromatic heterocycles. The molecular formula is C13H17BrF2N2O. The predicted octanol–water partition coefficient (Wildman–Crippen LogP) is 3.44. The number of hydrogen-bond donors (Lipinski definition) is 2. The smallest absolute Gasteiger partial charge is 0.242 e. The molecule has 0 bridgehead atoms. The second kappa shape index (κ2) is 6.84. The van der Waals surface area contributed by atoms with Gasteiger partial charge in [-0.25, -0.2) is 8.78 Å². The van der Waals surface area contributed by atoms with Crippen molar-refractivity contribution in [2.24, 2.45) is 0 Å². The van der Waals surface area contributed by atoms with Crippen molar-refractivity contribution in [2.45, 2.75) is 39.3 Å². The Bertz CT molecular complexity index is 445. The fourth-order valence-corrected chi connectivity index (χ4v) is 1.95. The van der Waals surface area contributed by atoms with E-state index in [0.717, 1.165) is 18.6 Å². The average molecular weight is 335 g/mol. The summed E-state index contributed by atoms with van der Waals surface area (Å²) in [7, 11) is 0. The van der Waals surface area contributed by atoms with Gasteiger partial charge in [0.2, 0.25) is 5.91 Å².